The molecule has 1 atom stereocenters. The summed E-state index contributed by atoms with van der Waals surface area (Å²) in [5, 5.41) is 4.72. The summed E-state index contributed by atoms with van der Waals surface area (Å²) in [6, 6.07) is 10.5. The van der Waals surface area contributed by atoms with E-state index in [0.29, 0.717) is 19.5 Å². The van der Waals surface area contributed by atoms with E-state index in [0.717, 1.165) is 22.4 Å². The zero-order chi connectivity index (χ0) is 18.1. The number of fused-ring (bicyclic) bond motifs is 1. The van der Waals surface area contributed by atoms with Crippen LogP contribution < -0.4 is 5.32 Å². The topological polar surface area (TPSA) is 69.7 Å². The van der Waals surface area contributed by atoms with Gasteiger partial charge in [-0.1, -0.05) is 30.3 Å². The first kappa shape index (κ1) is 16.8. The van der Waals surface area contributed by atoms with Crippen molar-refractivity contribution in [2.75, 3.05) is 13.1 Å². The van der Waals surface area contributed by atoms with Crippen molar-refractivity contribution in [1.82, 2.24) is 15.1 Å². The van der Waals surface area contributed by atoms with Gasteiger partial charge in [0.1, 0.15) is 12.6 Å². The molecule has 0 unspecified atom stereocenters. The Morgan fingerprint density at radius 3 is 2.81 bits per heavy atom. The van der Waals surface area contributed by atoms with Crippen LogP contribution in [0.1, 0.15) is 16.0 Å². The molecular weight excluding hydrogens is 350 g/mol. The number of urea groups is 1. The summed E-state index contributed by atoms with van der Waals surface area (Å²) in [5.74, 6) is -0.522. The van der Waals surface area contributed by atoms with Gasteiger partial charge in [-0.05, 0) is 29.0 Å². The maximum Gasteiger partial charge on any atom is 0.325 e. The van der Waals surface area contributed by atoms with Gasteiger partial charge in [-0.25, -0.2) is 4.79 Å². The minimum atomic E-state index is -0.609. The van der Waals surface area contributed by atoms with E-state index in [9.17, 15) is 14.4 Å². The van der Waals surface area contributed by atoms with Crippen LogP contribution in [-0.4, -0.2) is 46.8 Å². The van der Waals surface area contributed by atoms with E-state index < -0.39 is 12.1 Å². The second-order valence-corrected chi connectivity index (χ2v) is 7.55. The zero-order valence-electron chi connectivity index (χ0n) is 14.2. The molecule has 6 nitrogen and oxygen atoms in total. The van der Waals surface area contributed by atoms with Crippen molar-refractivity contribution in [1.29, 1.82) is 0 Å². The fourth-order valence-electron chi connectivity index (χ4n) is 3.41. The summed E-state index contributed by atoms with van der Waals surface area (Å²) in [6.45, 7) is 0.980. The van der Waals surface area contributed by atoms with Gasteiger partial charge in [-0.15, -0.1) is 11.3 Å². The molecule has 0 aliphatic carbocycles. The van der Waals surface area contributed by atoms with Crippen LogP contribution in [0.5, 0.6) is 0 Å². The molecule has 134 valence electrons. The normalized spacial score (nSPS) is 19.5. The predicted octanol–water partition coefficient (Wildman–Crippen LogP) is 1.80. The minimum absolute atomic E-state index is 0.189. The van der Waals surface area contributed by atoms with Crippen LogP contribution >= 0.6 is 11.3 Å². The van der Waals surface area contributed by atoms with Crippen molar-refractivity contribution in [3.8, 4) is 0 Å². The van der Waals surface area contributed by atoms with E-state index in [1.807, 2.05) is 41.8 Å². The third-order valence-corrected chi connectivity index (χ3v) is 5.87. The Morgan fingerprint density at radius 2 is 2.00 bits per heavy atom. The van der Waals surface area contributed by atoms with Crippen LogP contribution in [-0.2, 0) is 29.0 Å². The molecule has 0 bridgehead atoms. The second kappa shape index (κ2) is 6.92. The number of imide groups is 1. The first-order valence-corrected chi connectivity index (χ1v) is 9.48. The third-order valence-electron chi connectivity index (χ3n) is 4.84. The van der Waals surface area contributed by atoms with Gasteiger partial charge in [0.25, 0.3) is 5.91 Å². The zero-order valence-corrected chi connectivity index (χ0v) is 15.0. The van der Waals surface area contributed by atoms with Crippen LogP contribution in [0.2, 0.25) is 0 Å². The largest absolute Gasteiger partial charge is 0.336 e. The second-order valence-electron chi connectivity index (χ2n) is 6.55. The molecule has 0 spiro atoms. The van der Waals surface area contributed by atoms with E-state index in [1.54, 1.807) is 16.2 Å². The van der Waals surface area contributed by atoms with E-state index in [2.05, 4.69) is 5.32 Å². The minimum Gasteiger partial charge on any atom is -0.336 e. The quantitative estimate of drug-likeness (QED) is 0.836. The molecule has 1 aromatic heterocycles. The summed E-state index contributed by atoms with van der Waals surface area (Å²) in [6.07, 6.45) is 1.26. The highest BCUT2D eigenvalue weighted by Gasteiger charge is 2.39. The number of amides is 4. The lowest BCUT2D eigenvalue weighted by molar-refractivity contribution is -0.137. The molecule has 0 saturated carbocycles. The molecular formula is C19H19N3O3S. The smallest absolute Gasteiger partial charge is 0.325 e. The molecule has 1 saturated heterocycles. The first-order valence-electron chi connectivity index (χ1n) is 8.60. The summed E-state index contributed by atoms with van der Waals surface area (Å²) in [5.41, 5.74) is 2.13. The third kappa shape index (κ3) is 3.22. The molecule has 2 aromatic rings. The van der Waals surface area contributed by atoms with Crippen molar-refractivity contribution >= 4 is 29.2 Å². The summed E-state index contributed by atoms with van der Waals surface area (Å²) >= 11 is 1.71. The van der Waals surface area contributed by atoms with Crippen molar-refractivity contribution in [3.63, 3.8) is 0 Å². The van der Waals surface area contributed by atoms with Gasteiger partial charge >= 0.3 is 6.03 Å². The maximum absolute atomic E-state index is 12.6. The average molecular weight is 369 g/mol. The van der Waals surface area contributed by atoms with Gasteiger partial charge in [-0.2, -0.15) is 0 Å². The van der Waals surface area contributed by atoms with Gasteiger partial charge in [-0.3, -0.25) is 14.5 Å². The molecule has 0 radical (unpaired) electrons. The molecule has 7 heteroatoms. The number of hydrogen-bond acceptors (Lipinski definition) is 4. The van der Waals surface area contributed by atoms with E-state index in [-0.39, 0.29) is 18.4 Å². The average Bonchev–Trinajstić information content (AvgIpc) is 3.22. The molecule has 2 aliphatic rings. The van der Waals surface area contributed by atoms with Gasteiger partial charge in [0.15, 0.2) is 0 Å². The number of nitrogens with zero attached hydrogens (tertiary/aromatic N) is 2. The molecule has 1 fully saturated rings. The Hall–Kier alpha value is -2.67. The number of hydrogen-bond donors (Lipinski definition) is 1. The summed E-state index contributed by atoms with van der Waals surface area (Å²) < 4.78 is 0. The Balaban J connectivity index is 1.39. The van der Waals surface area contributed by atoms with Crippen LogP contribution in [0.25, 0.3) is 0 Å². The Morgan fingerprint density at radius 1 is 1.19 bits per heavy atom. The highest BCUT2D eigenvalue weighted by Crippen LogP contribution is 2.24. The predicted molar refractivity (Wildman–Crippen MR) is 97.6 cm³/mol. The van der Waals surface area contributed by atoms with E-state index in [4.69, 9.17) is 0 Å². The van der Waals surface area contributed by atoms with Crippen LogP contribution in [0.15, 0.2) is 41.8 Å². The van der Waals surface area contributed by atoms with Gasteiger partial charge in [0.2, 0.25) is 5.91 Å². The lowest BCUT2D eigenvalue weighted by Crippen LogP contribution is -2.44. The highest BCUT2D eigenvalue weighted by atomic mass is 32.1. The van der Waals surface area contributed by atoms with Gasteiger partial charge in [0, 0.05) is 24.4 Å². The fraction of sp³-hybridized carbons (Fsp3) is 0.316. The van der Waals surface area contributed by atoms with E-state index in [1.165, 1.54) is 4.88 Å². The van der Waals surface area contributed by atoms with Crippen molar-refractivity contribution < 1.29 is 14.4 Å². The number of rotatable bonds is 4. The summed E-state index contributed by atoms with van der Waals surface area (Å²) in [7, 11) is 0. The standard InChI is InChI=1S/C19H19N3O3S/c23-17(21-8-6-16-14(11-21)7-9-26-16)12-22-18(24)15(20-19(22)25)10-13-4-2-1-3-5-13/h1-5,7,9,15H,6,8,10-12H2,(H,20,25)/t15-/m1/s1. The van der Waals surface area contributed by atoms with Crippen molar-refractivity contribution in [2.45, 2.75) is 25.4 Å². The molecule has 26 heavy (non-hydrogen) atoms. The SMILES string of the molecule is O=C(CN1C(=O)N[C@H](Cc2ccccc2)C1=O)N1CCc2sccc2C1. The molecule has 3 heterocycles. The van der Waals surface area contributed by atoms with E-state index >= 15 is 0 Å². The first-order chi connectivity index (χ1) is 12.6. The van der Waals surface area contributed by atoms with Gasteiger partial charge < -0.3 is 10.2 Å². The van der Waals surface area contributed by atoms with Crippen LogP contribution in [0.3, 0.4) is 0 Å². The number of nitrogens with one attached hydrogen (secondary N) is 1. The maximum atomic E-state index is 12.6. The fourth-order valence-corrected chi connectivity index (χ4v) is 4.30. The Labute approximate surface area is 155 Å². The van der Waals surface area contributed by atoms with Gasteiger partial charge in [0.05, 0.1) is 0 Å². The lowest BCUT2D eigenvalue weighted by atomic mass is 10.1. The monoisotopic (exact) mass is 369 g/mol. The highest BCUT2D eigenvalue weighted by molar-refractivity contribution is 7.10. The molecule has 1 N–H and O–H groups in total. The molecule has 1 aromatic carbocycles. The lowest BCUT2D eigenvalue weighted by Gasteiger charge is -2.28. The summed E-state index contributed by atoms with van der Waals surface area (Å²) in [4.78, 5) is 41.4. The number of carbonyl (C=O) groups is 3. The molecule has 4 rings (SSSR count). The van der Waals surface area contributed by atoms with Crippen LogP contribution in [0.4, 0.5) is 4.79 Å². The Kier molecular flexibility index (Phi) is 4.46. The van der Waals surface area contributed by atoms with Crippen LogP contribution in [0, 0.1) is 0 Å². The molecule has 4 amide bonds. The Bertz CT molecular complexity index is 849. The number of carbonyl (C=O) groups excluding carboxylic acids is 3. The number of benzene rings is 1. The number of thiophene rings is 1. The molecule has 2 aliphatic heterocycles. The van der Waals surface area contributed by atoms with Crippen molar-refractivity contribution in [2.24, 2.45) is 0 Å². The van der Waals surface area contributed by atoms with Crippen molar-refractivity contribution in [3.05, 3.63) is 57.8 Å².